The van der Waals surface area contributed by atoms with Gasteiger partial charge in [0.25, 0.3) is 0 Å². The molecule has 8 heteroatoms. The molecule has 1 N–H and O–H groups in total. The van der Waals surface area contributed by atoms with Gasteiger partial charge in [0.2, 0.25) is 5.91 Å². The summed E-state index contributed by atoms with van der Waals surface area (Å²) in [6.07, 6.45) is 1.97. The molecule has 0 aromatic heterocycles. The van der Waals surface area contributed by atoms with Crippen molar-refractivity contribution in [2.24, 2.45) is 0 Å². The second-order valence-electron chi connectivity index (χ2n) is 6.98. The van der Waals surface area contributed by atoms with Gasteiger partial charge in [-0.3, -0.25) is 9.69 Å². The molecule has 1 fully saturated rings. The zero-order chi connectivity index (χ0) is 20.2. The average Bonchev–Trinajstić information content (AvgIpc) is 3.16. The zero-order valence-electron chi connectivity index (χ0n) is 15.8. The van der Waals surface area contributed by atoms with Gasteiger partial charge < -0.3 is 19.5 Å². The van der Waals surface area contributed by atoms with E-state index >= 15 is 0 Å². The summed E-state index contributed by atoms with van der Waals surface area (Å²) in [6, 6.07) is 12.0. The summed E-state index contributed by atoms with van der Waals surface area (Å²) in [5.74, 6) is 1.39. The Morgan fingerprint density at radius 2 is 1.90 bits per heavy atom. The number of likely N-dealkylation sites (tertiary alicyclic amines) is 1. The van der Waals surface area contributed by atoms with E-state index in [1.54, 1.807) is 0 Å². The first kappa shape index (κ1) is 19.4. The molecule has 0 spiro atoms. The normalized spacial score (nSPS) is 18.7. The number of hydrogen-bond donors (Lipinski definition) is 1. The summed E-state index contributed by atoms with van der Waals surface area (Å²) >= 11 is 0. The predicted octanol–water partition coefficient (Wildman–Crippen LogP) is 3.83. The van der Waals surface area contributed by atoms with Gasteiger partial charge in [0.15, 0.2) is 11.5 Å². The third kappa shape index (κ3) is 4.76. The Labute approximate surface area is 167 Å². The quantitative estimate of drug-likeness (QED) is 0.793. The summed E-state index contributed by atoms with van der Waals surface area (Å²) in [4.78, 5) is 14.6. The number of rotatable bonds is 6. The number of alkyl halides is 2. The smallest absolute Gasteiger partial charge is 0.387 e. The topological polar surface area (TPSA) is 60.0 Å². The summed E-state index contributed by atoms with van der Waals surface area (Å²) in [7, 11) is 0. The molecule has 2 aliphatic heterocycles. The SMILES string of the molecule is O=C(CN1CCCC1c1ccc2c(c1)OCCO2)Nc1ccc(OC(F)F)cc1. The number of carbonyl (C=O) groups is 1. The fourth-order valence-corrected chi connectivity index (χ4v) is 3.76. The molecule has 1 saturated heterocycles. The van der Waals surface area contributed by atoms with Crippen LogP contribution in [-0.4, -0.2) is 43.7 Å². The number of amides is 1. The van der Waals surface area contributed by atoms with Crippen LogP contribution in [0.1, 0.15) is 24.4 Å². The first-order valence-corrected chi connectivity index (χ1v) is 9.57. The van der Waals surface area contributed by atoms with Crippen molar-refractivity contribution < 1.29 is 27.8 Å². The Kier molecular flexibility index (Phi) is 5.80. The number of halogens is 2. The van der Waals surface area contributed by atoms with Crippen LogP contribution in [0.15, 0.2) is 42.5 Å². The minimum absolute atomic E-state index is 0.0521. The molecule has 1 unspecified atom stereocenters. The molecule has 2 aromatic carbocycles. The standard InChI is InChI=1S/C21H22F2N2O4/c22-21(23)29-16-6-4-15(5-7-16)24-20(26)13-25-9-1-2-17(25)14-3-8-18-19(12-14)28-11-10-27-18/h3-8,12,17,21H,1-2,9-11,13H2,(H,24,26). The number of fused-ring (bicyclic) bond motifs is 1. The van der Waals surface area contributed by atoms with Crippen molar-refractivity contribution in [2.45, 2.75) is 25.5 Å². The van der Waals surface area contributed by atoms with Crippen LogP contribution in [0.25, 0.3) is 0 Å². The van der Waals surface area contributed by atoms with Gasteiger partial charge in [0.1, 0.15) is 19.0 Å². The van der Waals surface area contributed by atoms with E-state index in [0.717, 1.165) is 36.4 Å². The van der Waals surface area contributed by atoms with E-state index in [9.17, 15) is 13.6 Å². The predicted molar refractivity (Wildman–Crippen MR) is 103 cm³/mol. The number of ether oxygens (including phenoxy) is 3. The molecule has 2 heterocycles. The van der Waals surface area contributed by atoms with E-state index in [-0.39, 0.29) is 24.2 Å². The number of nitrogens with zero attached hydrogens (tertiary/aromatic N) is 1. The lowest BCUT2D eigenvalue weighted by Crippen LogP contribution is -2.33. The fourth-order valence-electron chi connectivity index (χ4n) is 3.76. The van der Waals surface area contributed by atoms with E-state index in [0.29, 0.717) is 18.9 Å². The number of nitrogens with one attached hydrogen (secondary N) is 1. The van der Waals surface area contributed by atoms with Crippen LogP contribution < -0.4 is 19.5 Å². The molecule has 0 bridgehead atoms. The van der Waals surface area contributed by atoms with Gasteiger partial charge >= 0.3 is 6.61 Å². The van der Waals surface area contributed by atoms with E-state index in [1.165, 1.54) is 24.3 Å². The Morgan fingerprint density at radius 3 is 2.66 bits per heavy atom. The lowest BCUT2D eigenvalue weighted by molar-refractivity contribution is -0.117. The lowest BCUT2D eigenvalue weighted by Gasteiger charge is -2.26. The highest BCUT2D eigenvalue weighted by Crippen LogP contribution is 2.37. The zero-order valence-corrected chi connectivity index (χ0v) is 15.8. The minimum Gasteiger partial charge on any atom is -0.486 e. The molecule has 0 aliphatic carbocycles. The van der Waals surface area contributed by atoms with Gasteiger partial charge in [-0.15, -0.1) is 0 Å². The van der Waals surface area contributed by atoms with Crippen LogP contribution in [0.4, 0.5) is 14.5 Å². The van der Waals surface area contributed by atoms with Crippen molar-refractivity contribution in [3.05, 3.63) is 48.0 Å². The largest absolute Gasteiger partial charge is 0.486 e. The Balaban J connectivity index is 1.37. The molecule has 1 atom stereocenters. The summed E-state index contributed by atoms with van der Waals surface area (Å²) in [5.41, 5.74) is 1.64. The summed E-state index contributed by atoms with van der Waals surface area (Å²) < 4.78 is 40.0. The van der Waals surface area contributed by atoms with Gasteiger partial charge in [0.05, 0.1) is 6.54 Å². The van der Waals surface area contributed by atoms with Crippen molar-refractivity contribution >= 4 is 11.6 Å². The van der Waals surface area contributed by atoms with E-state index in [4.69, 9.17) is 9.47 Å². The van der Waals surface area contributed by atoms with Crippen molar-refractivity contribution in [1.29, 1.82) is 0 Å². The third-order valence-corrected chi connectivity index (χ3v) is 5.02. The van der Waals surface area contributed by atoms with Crippen molar-refractivity contribution in [1.82, 2.24) is 4.90 Å². The van der Waals surface area contributed by atoms with Crippen LogP contribution in [0.3, 0.4) is 0 Å². The highest BCUT2D eigenvalue weighted by atomic mass is 19.3. The van der Waals surface area contributed by atoms with E-state index in [1.807, 2.05) is 18.2 Å². The van der Waals surface area contributed by atoms with Gasteiger partial charge in [-0.05, 0) is 61.3 Å². The van der Waals surface area contributed by atoms with Crippen LogP contribution in [-0.2, 0) is 4.79 Å². The lowest BCUT2D eigenvalue weighted by atomic mass is 10.0. The maximum Gasteiger partial charge on any atom is 0.387 e. The van der Waals surface area contributed by atoms with Crippen LogP contribution in [0, 0.1) is 0 Å². The van der Waals surface area contributed by atoms with Crippen LogP contribution in [0.5, 0.6) is 17.2 Å². The Hall–Kier alpha value is -2.87. The van der Waals surface area contributed by atoms with E-state index < -0.39 is 6.61 Å². The van der Waals surface area contributed by atoms with Crippen LogP contribution in [0.2, 0.25) is 0 Å². The molecule has 1 amide bonds. The second-order valence-corrected chi connectivity index (χ2v) is 6.98. The summed E-state index contributed by atoms with van der Waals surface area (Å²) in [5, 5.41) is 2.80. The first-order chi connectivity index (χ1) is 14.1. The van der Waals surface area contributed by atoms with Crippen molar-refractivity contribution in [2.75, 3.05) is 31.6 Å². The molecular weight excluding hydrogens is 382 g/mol. The van der Waals surface area contributed by atoms with Gasteiger partial charge in [-0.1, -0.05) is 6.07 Å². The van der Waals surface area contributed by atoms with Gasteiger partial charge in [0, 0.05) is 11.7 Å². The molecule has 6 nitrogen and oxygen atoms in total. The summed E-state index contributed by atoms with van der Waals surface area (Å²) in [6.45, 7) is -0.712. The Bertz CT molecular complexity index is 860. The number of carbonyl (C=O) groups excluding carboxylic acids is 1. The molecule has 0 radical (unpaired) electrons. The van der Waals surface area contributed by atoms with E-state index in [2.05, 4.69) is 15.0 Å². The van der Waals surface area contributed by atoms with Gasteiger partial charge in [-0.2, -0.15) is 8.78 Å². The number of hydrogen-bond acceptors (Lipinski definition) is 5. The molecule has 0 saturated carbocycles. The molecule has 4 rings (SSSR count). The minimum atomic E-state index is -2.87. The molecule has 2 aliphatic rings. The molecule has 29 heavy (non-hydrogen) atoms. The number of anilines is 1. The van der Waals surface area contributed by atoms with Crippen molar-refractivity contribution in [3.8, 4) is 17.2 Å². The van der Waals surface area contributed by atoms with Gasteiger partial charge in [-0.25, -0.2) is 0 Å². The molecule has 2 aromatic rings. The molecular formula is C21H22F2N2O4. The average molecular weight is 404 g/mol. The van der Waals surface area contributed by atoms with Crippen molar-refractivity contribution in [3.63, 3.8) is 0 Å². The monoisotopic (exact) mass is 404 g/mol. The maximum atomic E-state index is 12.5. The number of benzene rings is 2. The second kappa shape index (κ2) is 8.65. The highest BCUT2D eigenvalue weighted by Gasteiger charge is 2.28. The maximum absolute atomic E-state index is 12.5. The highest BCUT2D eigenvalue weighted by molar-refractivity contribution is 5.92. The molecule has 154 valence electrons. The fraction of sp³-hybridized carbons (Fsp3) is 0.381. The first-order valence-electron chi connectivity index (χ1n) is 9.57. The van der Waals surface area contributed by atoms with Crippen LogP contribution >= 0.6 is 0 Å². The Morgan fingerprint density at radius 1 is 1.14 bits per heavy atom. The third-order valence-electron chi connectivity index (χ3n) is 5.02.